The van der Waals surface area contributed by atoms with E-state index in [-0.39, 0.29) is 56.5 Å². The third-order valence-electron chi connectivity index (χ3n) is 7.38. The van der Waals surface area contributed by atoms with Gasteiger partial charge in [0.2, 0.25) is 11.8 Å². The largest absolute Gasteiger partial charge is 0.462 e. The van der Waals surface area contributed by atoms with E-state index < -0.39 is 67.2 Å². The maximum Gasteiger partial charge on any atom is 0.303 e. The van der Waals surface area contributed by atoms with Crippen LogP contribution in [-0.4, -0.2) is 125 Å². The number of carbonyl (C=O) groups is 7. The molecule has 0 spiro atoms. The van der Waals surface area contributed by atoms with Gasteiger partial charge in [0.05, 0.1) is 74.8 Å². The smallest absolute Gasteiger partial charge is 0.303 e. The van der Waals surface area contributed by atoms with Crippen molar-refractivity contribution in [2.75, 3.05) is 49.7 Å². The molecule has 0 radical (unpaired) electrons. The van der Waals surface area contributed by atoms with Crippen molar-refractivity contribution in [2.45, 2.75) is 66.1 Å². The molecule has 0 aromatic heterocycles. The first-order valence-electron chi connectivity index (χ1n) is 17.1. The van der Waals surface area contributed by atoms with Gasteiger partial charge in [0.25, 0.3) is 11.8 Å². The van der Waals surface area contributed by atoms with Gasteiger partial charge in [0.1, 0.15) is 13.2 Å². The molecule has 2 aromatic rings. The Labute approximate surface area is 426 Å². The number of hydrogen-bond donors (Lipinski definition) is 8. The quantitative estimate of drug-likeness (QED) is 0.0605. The summed E-state index contributed by atoms with van der Waals surface area (Å²) in [6.45, 7) is 4.13. The number of halogens is 6. The van der Waals surface area contributed by atoms with Gasteiger partial charge >= 0.3 is 17.9 Å². The standard InChI is InChI=1S/C19H21I3N2O8.C16H21I3N2O7/c1-8(25)24-18-16(21)13(7-31-10(3)27)15(20)14(17(18)22)19(29)23-5-12(32-11(4)28)6-30-9(2)26;1-7(25)21(3-9(27)5-23)15-13(18)10(6-24)12(17)11(14(15)19)16(28)20-2-8(26)4-22/h12H,5-7H2,1-4H3,(H,23,29)(H,24,25);8-9,22-24,26-27H,2-6H2,1H3,(H,20,28). The fourth-order valence-electron chi connectivity index (χ4n) is 4.66. The fraction of sp³-hybridized carbons (Fsp3) is 0.457. The number of carbonyl (C=O) groups excluding carboxylic acids is 7. The van der Waals surface area contributed by atoms with E-state index in [9.17, 15) is 48.9 Å². The Hall–Kier alpha value is -1.09. The molecule has 2 aromatic carbocycles. The Morgan fingerprint density at radius 1 is 0.633 bits per heavy atom. The predicted molar refractivity (Wildman–Crippen MR) is 266 cm³/mol. The molecule has 0 bridgehead atoms. The summed E-state index contributed by atoms with van der Waals surface area (Å²) in [5.41, 5.74) is 2.23. The van der Waals surface area contributed by atoms with Gasteiger partial charge < -0.3 is 60.6 Å². The van der Waals surface area contributed by atoms with Crippen molar-refractivity contribution in [3.05, 3.63) is 43.7 Å². The predicted octanol–water partition coefficient (Wildman–Crippen LogP) is 2.53. The van der Waals surface area contributed by atoms with Crippen LogP contribution in [0.4, 0.5) is 11.4 Å². The number of hydrogen-bond acceptors (Lipinski definition) is 15. The second-order valence-corrected chi connectivity index (χ2v) is 18.7. The molecular formula is C35H42I6N4O15. The van der Waals surface area contributed by atoms with E-state index in [0.717, 1.165) is 0 Å². The van der Waals surface area contributed by atoms with Gasteiger partial charge in [-0.1, -0.05) is 0 Å². The highest BCUT2D eigenvalue weighted by atomic mass is 127. The Morgan fingerprint density at radius 3 is 1.62 bits per heavy atom. The summed E-state index contributed by atoms with van der Waals surface area (Å²) in [5, 5.41) is 55.0. The Morgan fingerprint density at radius 2 is 1.15 bits per heavy atom. The monoisotopic (exact) mass is 1520 g/mol. The third kappa shape index (κ3) is 17.5. The molecule has 3 atom stereocenters. The summed E-state index contributed by atoms with van der Waals surface area (Å²) in [6.07, 6.45) is -3.17. The average molecular weight is 1520 g/mol. The molecule has 25 heteroatoms. The van der Waals surface area contributed by atoms with E-state index in [2.05, 4.69) is 16.0 Å². The number of nitrogens with one attached hydrogen (secondary N) is 3. The van der Waals surface area contributed by atoms with Crippen molar-refractivity contribution in [1.29, 1.82) is 0 Å². The molecule has 3 unspecified atom stereocenters. The normalized spacial score (nSPS) is 12.1. The zero-order valence-electron chi connectivity index (χ0n) is 32.4. The Balaban J connectivity index is 0.000000605. The average Bonchev–Trinajstić information content (AvgIpc) is 3.15. The maximum atomic E-state index is 13.1. The molecule has 0 saturated heterocycles. The molecule has 0 fully saturated rings. The summed E-state index contributed by atoms with van der Waals surface area (Å²) in [6, 6.07) is 0. The van der Waals surface area contributed by atoms with Crippen LogP contribution in [0.15, 0.2) is 0 Å². The lowest BCUT2D eigenvalue weighted by Gasteiger charge is -2.28. The van der Waals surface area contributed by atoms with Gasteiger partial charge in [0.15, 0.2) is 6.10 Å². The van der Waals surface area contributed by atoms with Crippen molar-refractivity contribution in [2.24, 2.45) is 0 Å². The van der Waals surface area contributed by atoms with Crippen molar-refractivity contribution in [3.63, 3.8) is 0 Å². The van der Waals surface area contributed by atoms with Crippen molar-refractivity contribution in [3.8, 4) is 0 Å². The molecule has 4 amide bonds. The molecule has 0 aliphatic rings. The molecule has 0 saturated carbocycles. The number of esters is 3. The van der Waals surface area contributed by atoms with Crippen LogP contribution < -0.4 is 20.9 Å². The lowest BCUT2D eigenvalue weighted by Crippen LogP contribution is -2.40. The van der Waals surface area contributed by atoms with Crippen LogP contribution in [0.2, 0.25) is 0 Å². The summed E-state index contributed by atoms with van der Waals surface area (Å²) in [4.78, 5) is 84.7. The molecule has 0 aliphatic heterocycles. The van der Waals surface area contributed by atoms with Crippen LogP contribution in [0, 0.1) is 21.4 Å². The molecular weight excluding hydrogens is 1480 g/mol. The minimum absolute atomic E-state index is 0.0851. The van der Waals surface area contributed by atoms with Gasteiger partial charge in [-0.3, -0.25) is 33.6 Å². The molecule has 8 N–H and O–H groups in total. The molecule has 0 aliphatic carbocycles. The topological polar surface area (TPSA) is 288 Å². The van der Waals surface area contributed by atoms with Gasteiger partial charge in [-0.05, 0) is 136 Å². The van der Waals surface area contributed by atoms with Crippen LogP contribution in [0.25, 0.3) is 0 Å². The first-order valence-corrected chi connectivity index (χ1v) is 23.6. The minimum Gasteiger partial charge on any atom is -0.462 e. The Bertz CT molecular complexity index is 1940. The van der Waals surface area contributed by atoms with Crippen molar-refractivity contribution < 1.29 is 73.3 Å². The second-order valence-electron chi connectivity index (χ2n) is 12.2. The SMILES string of the molecule is CC(=O)N(CC(O)CO)c1c(I)c(CO)c(I)c(C(=O)NCC(O)CO)c1I.CC(=O)Nc1c(I)c(COC(C)=O)c(I)c(C(=O)NCC(COC(C)=O)OC(C)=O)c1I. The molecule has 2 rings (SSSR count). The lowest BCUT2D eigenvalue weighted by molar-refractivity contribution is -0.155. The number of amides is 4. The zero-order chi connectivity index (χ0) is 46.2. The molecule has 334 valence electrons. The van der Waals surface area contributed by atoms with Crippen LogP contribution in [0.5, 0.6) is 0 Å². The van der Waals surface area contributed by atoms with E-state index in [4.69, 9.17) is 24.4 Å². The van der Waals surface area contributed by atoms with E-state index in [1.165, 1.54) is 39.5 Å². The van der Waals surface area contributed by atoms with Gasteiger partial charge in [0, 0.05) is 66.6 Å². The Kier molecular flexibility index (Phi) is 26.5. The number of rotatable bonds is 18. The van der Waals surface area contributed by atoms with Crippen molar-refractivity contribution >= 4 is 188 Å². The summed E-state index contributed by atoms with van der Waals surface area (Å²) in [7, 11) is 0. The van der Waals surface area contributed by atoms with Crippen LogP contribution in [0.1, 0.15) is 66.5 Å². The zero-order valence-corrected chi connectivity index (χ0v) is 45.4. The highest BCUT2D eigenvalue weighted by molar-refractivity contribution is 14.1. The lowest BCUT2D eigenvalue weighted by atomic mass is 10.1. The van der Waals surface area contributed by atoms with Gasteiger partial charge in [-0.15, -0.1) is 0 Å². The van der Waals surface area contributed by atoms with E-state index in [1.807, 2.05) is 136 Å². The molecule has 60 heavy (non-hydrogen) atoms. The highest BCUT2D eigenvalue weighted by Gasteiger charge is 2.30. The summed E-state index contributed by atoms with van der Waals surface area (Å²) >= 11 is 11.8. The van der Waals surface area contributed by atoms with Gasteiger partial charge in [-0.2, -0.15) is 0 Å². The van der Waals surface area contributed by atoms with Crippen molar-refractivity contribution in [1.82, 2.24) is 10.6 Å². The minimum atomic E-state index is -1.18. The molecule has 19 nitrogen and oxygen atoms in total. The summed E-state index contributed by atoms with van der Waals surface area (Å²) in [5.74, 6) is -3.42. The second kappa shape index (κ2) is 28.0. The maximum absolute atomic E-state index is 13.1. The molecule has 0 heterocycles. The number of ether oxygens (including phenoxy) is 3. The first kappa shape index (κ1) is 56.9. The number of nitrogens with zero attached hydrogens (tertiary/aromatic N) is 1. The van der Waals surface area contributed by atoms with E-state index in [0.29, 0.717) is 43.9 Å². The number of anilines is 2. The van der Waals surface area contributed by atoms with E-state index in [1.54, 1.807) is 0 Å². The van der Waals surface area contributed by atoms with E-state index >= 15 is 0 Å². The summed E-state index contributed by atoms with van der Waals surface area (Å²) < 4.78 is 18.2. The number of aliphatic hydroxyl groups excluding tert-OH is 5. The number of benzene rings is 2. The van der Waals surface area contributed by atoms with Crippen LogP contribution in [0.3, 0.4) is 0 Å². The van der Waals surface area contributed by atoms with Crippen LogP contribution >= 0.6 is 136 Å². The van der Waals surface area contributed by atoms with Crippen LogP contribution in [-0.2, 0) is 51.4 Å². The van der Waals surface area contributed by atoms with Gasteiger partial charge in [-0.25, -0.2) is 0 Å². The first-order chi connectivity index (χ1) is 27.9. The highest BCUT2D eigenvalue weighted by Crippen LogP contribution is 2.39. The number of aliphatic hydroxyl groups is 5. The third-order valence-corrected chi connectivity index (χ3v) is 14.2. The fourth-order valence-corrected chi connectivity index (χ4v) is 13.5.